The van der Waals surface area contributed by atoms with E-state index in [1.165, 1.54) is 6.07 Å². The van der Waals surface area contributed by atoms with Crippen molar-refractivity contribution in [1.82, 2.24) is 0 Å². The number of nitrogens with zero attached hydrogens (tertiary/aromatic N) is 3. The highest BCUT2D eigenvalue weighted by atomic mass is 19.1. The lowest BCUT2D eigenvalue weighted by atomic mass is 9.62. The molecule has 1 fully saturated rings. The molecule has 1 N–H and O–H groups in total. The number of rotatable bonds is 6. The van der Waals surface area contributed by atoms with E-state index in [0.717, 1.165) is 6.42 Å². The van der Waals surface area contributed by atoms with Gasteiger partial charge in [-0.25, -0.2) is 4.39 Å². The van der Waals surface area contributed by atoms with Gasteiger partial charge in [0.25, 0.3) is 0 Å². The molecular weight excluding hydrogens is 415 g/mol. The third-order valence-corrected chi connectivity index (χ3v) is 7.51. The Morgan fingerprint density at radius 2 is 1.88 bits per heavy atom. The Kier molecular flexibility index (Phi) is 7.12. The summed E-state index contributed by atoms with van der Waals surface area (Å²) in [4.78, 5) is 13.5. The lowest BCUT2D eigenvalue weighted by Crippen LogP contribution is -2.45. The minimum atomic E-state index is -0.632. The molecule has 3 rings (SSSR count). The van der Waals surface area contributed by atoms with Gasteiger partial charge in [0.15, 0.2) is 0 Å². The average molecular weight is 447 g/mol. The van der Waals surface area contributed by atoms with Crippen LogP contribution in [0, 0.1) is 39.8 Å². The third kappa shape index (κ3) is 4.59. The molecule has 0 saturated heterocycles. The Hall–Kier alpha value is -3.33. The smallest absolute Gasteiger partial charge is 0.230 e. The van der Waals surface area contributed by atoms with E-state index in [-0.39, 0.29) is 29.0 Å². The maximum Gasteiger partial charge on any atom is 0.230 e. The fraction of sp³-hybridized carbons (Fsp3) is 0.407. The summed E-state index contributed by atoms with van der Waals surface area (Å²) in [7, 11) is 1.57. The van der Waals surface area contributed by atoms with Crippen LogP contribution in [0.5, 0.6) is 0 Å². The summed E-state index contributed by atoms with van der Waals surface area (Å²) in [6.07, 6.45) is 3.53. The number of amides is 1. The summed E-state index contributed by atoms with van der Waals surface area (Å²) in [6.45, 7) is 8.33. The van der Waals surface area contributed by atoms with Gasteiger partial charge < -0.3 is 5.32 Å². The van der Waals surface area contributed by atoms with E-state index >= 15 is 0 Å². The highest BCUT2D eigenvalue weighted by Gasteiger charge is 2.56. The molecule has 2 unspecified atom stereocenters. The van der Waals surface area contributed by atoms with Gasteiger partial charge >= 0.3 is 0 Å². The van der Waals surface area contributed by atoms with Crippen molar-refractivity contribution in [3.63, 3.8) is 0 Å². The van der Waals surface area contributed by atoms with Gasteiger partial charge in [-0.1, -0.05) is 58.0 Å². The molecule has 1 aliphatic rings. The standard InChI is InChI=1S/C27H31FN4O/c1-18(16-24(32-30-5)20-11-7-8-12-22(20)28)21-14-15-27(4,26(21,2)3)25(33)31-23-13-9-6-10-19(23)17-29/h6-13,16,18,21H,14-15H2,1-5H3,(H,31,33)/b24-16-,32-30-/t18-,21?,27?/m0/s1. The first-order chi connectivity index (χ1) is 15.7. The number of nitrogens with one attached hydrogen (secondary N) is 1. The minimum Gasteiger partial charge on any atom is -0.324 e. The van der Waals surface area contributed by atoms with Crippen molar-refractivity contribution < 1.29 is 9.18 Å². The minimum absolute atomic E-state index is 0.0427. The predicted octanol–water partition coefficient (Wildman–Crippen LogP) is 6.84. The second kappa shape index (κ2) is 9.66. The maximum absolute atomic E-state index is 14.4. The molecular formula is C27H31FN4O. The van der Waals surface area contributed by atoms with Gasteiger partial charge in [-0.2, -0.15) is 15.5 Å². The van der Waals surface area contributed by atoms with Crippen molar-refractivity contribution in [2.75, 3.05) is 12.4 Å². The van der Waals surface area contributed by atoms with Gasteiger partial charge in [0.1, 0.15) is 11.9 Å². The van der Waals surface area contributed by atoms with E-state index in [1.807, 2.05) is 13.0 Å². The quantitative estimate of drug-likeness (QED) is 0.493. The summed E-state index contributed by atoms with van der Waals surface area (Å²) in [5.74, 6) is -0.208. The molecule has 6 heteroatoms. The van der Waals surface area contributed by atoms with Crippen molar-refractivity contribution in [1.29, 1.82) is 5.26 Å². The van der Waals surface area contributed by atoms with Gasteiger partial charge in [-0.3, -0.25) is 4.79 Å². The summed E-state index contributed by atoms with van der Waals surface area (Å²) in [6, 6.07) is 15.7. The van der Waals surface area contributed by atoms with Crippen LogP contribution < -0.4 is 5.32 Å². The molecule has 172 valence electrons. The number of hydrogen-bond donors (Lipinski definition) is 1. The van der Waals surface area contributed by atoms with Crippen LogP contribution in [0.4, 0.5) is 10.1 Å². The highest BCUT2D eigenvalue weighted by Crippen LogP contribution is 2.59. The lowest BCUT2D eigenvalue weighted by Gasteiger charge is -2.42. The van der Waals surface area contributed by atoms with Crippen LogP contribution in [0.25, 0.3) is 5.70 Å². The number of hydrogen-bond acceptors (Lipinski definition) is 4. The monoisotopic (exact) mass is 446 g/mol. The summed E-state index contributed by atoms with van der Waals surface area (Å²) < 4.78 is 14.4. The maximum atomic E-state index is 14.4. The second-order valence-corrected chi connectivity index (χ2v) is 9.50. The van der Waals surface area contributed by atoms with Gasteiger partial charge in [0.2, 0.25) is 5.91 Å². The molecule has 0 spiro atoms. The van der Waals surface area contributed by atoms with Crippen LogP contribution in [0.2, 0.25) is 0 Å². The number of halogens is 1. The topological polar surface area (TPSA) is 77.6 Å². The number of azo groups is 1. The largest absolute Gasteiger partial charge is 0.324 e. The van der Waals surface area contributed by atoms with E-state index < -0.39 is 5.41 Å². The number of anilines is 1. The second-order valence-electron chi connectivity index (χ2n) is 9.50. The molecule has 2 aromatic carbocycles. The first-order valence-electron chi connectivity index (χ1n) is 11.2. The van der Waals surface area contributed by atoms with Crippen molar-refractivity contribution in [3.05, 3.63) is 71.6 Å². The first-order valence-corrected chi connectivity index (χ1v) is 11.2. The van der Waals surface area contributed by atoms with Gasteiger partial charge in [-0.15, -0.1) is 0 Å². The zero-order chi connectivity index (χ0) is 24.2. The SMILES string of the molecule is C/N=N\C(=C/[C@H](C)C1CCC(C)(C(=O)Nc2ccccc2C#N)C1(C)C)c1ccccc1F. The Balaban J connectivity index is 1.89. The molecule has 1 saturated carbocycles. The normalized spacial score (nSPS) is 23.3. The Labute approximate surface area is 195 Å². The van der Waals surface area contributed by atoms with E-state index in [9.17, 15) is 14.4 Å². The molecule has 2 aromatic rings. The predicted molar refractivity (Wildman–Crippen MR) is 129 cm³/mol. The number of benzene rings is 2. The number of allylic oxidation sites excluding steroid dienone is 1. The van der Waals surface area contributed by atoms with Crippen LogP contribution in [-0.2, 0) is 4.79 Å². The van der Waals surface area contributed by atoms with Crippen molar-refractivity contribution in [2.24, 2.45) is 32.9 Å². The fourth-order valence-corrected chi connectivity index (χ4v) is 5.13. The highest BCUT2D eigenvalue weighted by molar-refractivity contribution is 5.97. The molecule has 5 nitrogen and oxygen atoms in total. The molecule has 33 heavy (non-hydrogen) atoms. The van der Waals surface area contributed by atoms with Crippen molar-refractivity contribution in [3.8, 4) is 6.07 Å². The number of carbonyl (C=O) groups excluding carboxylic acids is 1. The van der Waals surface area contributed by atoms with Crippen LogP contribution in [0.15, 0.2) is 64.8 Å². The van der Waals surface area contributed by atoms with E-state index in [1.54, 1.807) is 49.5 Å². The molecule has 0 bridgehead atoms. The van der Waals surface area contributed by atoms with E-state index in [4.69, 9.17) is 0 Å². The van der Waals surface area contributed by atoms with Crippen LogP contribution in [0.3, 0.4) is 0 Å². The summed E-state index contributed by atoms with van der Waals surface area (Å²) in [5.41, 5.74) is 0.908. The van der Waals surface area contributed by atoms with Gasteiger partial charge in [0.05, 0.1) is 22.4 Å². The summed E-state index contributed by atoms with van der Waals surface area (Å²) >= 11 is 0. The molecule has 1 aliphatic carbocycles. The van der Waals surface area contributed by atoms with E-state index in [0.29, 0.717) is 28.9 Å². The molecule has 0 radical (unpaired) electrons. The average Bonchev–Trinajstić information content (AvgIpc) is 3.04. The first kappa shape index (κ1) is 24.3. The van der Waals surface area contributed by atoms with Gasteiger partial charge in [0, 0.05) is 12.6 Å². The van der Waals surface area contributed by atoms with Crippen LogP contribution >= 0.6 is 0 Å². The van der Waals surface area contributed by atoms with E-state index in [2.05, 4.69) is 42.4 Å². The van der Waals surface area contributed by atoms with Crippen molar-refractivity contribution >= 4 is 17.3 Å². The molecule has 0 aromatic heterocycles. The Morgan fingerprint density at radius 3 is 2.55 bits per heavy atom. The molecule has 0 heterocycles. The Morgan fingerprint density at radius 1 is 1.21 bits per heavy atom. The Bertz CT molecular complexity index is 1130. The number of nitriles is 1. The van der Waals surface area contributed by atoms with Gasteiger partial charge in [-0.05, 0) is 54.4 Å². The third-order valence-electron chi connectivity index (χ3n) is 7.51. The number of para-hydroxylation sites is 1. The van der Waals surface area contributed by atoms with Crippen molar-refractivity contribution in [2.45, 2.75) is 40.5 Å². The molecule has 1 amide bonds. The molecule has 3 atom stereocenters. The van der Waals surface area contributed by atoms with Crippen LogP contribution in [-0.4, -0.2) is 13.0 Å². The summed E-state index contributed by atoms with van der Waals surface area (Å²) in [5, 5.41) is 20.4. The molecule has 0 aliphatic heterocycles. The zero-order valence-corrected chi connectivity index (χ0v) is 19.9. The number of carbonyl (C=O) groups is 1. The zero-order valence-electron chi connectivity index (χ0n) is 19.9. The lowest BCUT2D eigenvalue weighted by molar-refractivity contribution is -0.130. The fourth-order valence-electron chi connectivity index (χ4n) is 5.13. The van der Waals surface area contributed by atoms with Crippen LogP contribution in [0.1, 0.15) is 51.7 Å².